The van der Waals surface area contributed by atoms with Crippen molar-refractivity contribution in [1.29, 1.82) is 0 Å². The lowest BCUT2D eigenvalue weighted by Gasteiger charge is -2.13. The number of hydrogen-bond acceptors (Lipinski definition) is 2. The first kappa shape index (κ1) is 14.8. The lowest BCUT2D eigenvalue weighted by atomic mass is 10.1. The van der Waals surface area contributed by atoms with Crippen LogP contribution in [0, 0.1) is 5.92 Å². The third-order valence-electron chi connectivity index (χ3n) is 3.33. The Labute approximate surface area is 126 Å². The Morgan fingerprint density at radius 1 is 1.45 bits per heavy atom. The van der Waals surface area contributed by atoms with Gasteiger partial charge in [0.1, 0.15) is 0 Å². The zero-order valence-corrected chi connectivity index (χ0v) is 12.5. The molecule has 1 N–H and O–H groups in total. The lowest BCUT2D eigenvalue weighted by Crippen LogP contribution is -2.27. The summed E-state index contributed by atoms with van der Waals surface area (Å²) in [5.41, 5.74) is 0.953. The largest absolute Gasteiger partial charge is 0.481 e. The molecule has 0 radical (unpaired) electrons. The number of aliphatic carboxylic acids is 1. The summed E-state index contributed by atoms with van der Waals surface area (Å²) < 4.78 is 0.967. The average molecular weight is 338 g/mol. The summed E-state index contributed by atoms with van der Waals surface area (Å²) in [6, 6.07) is 7.69. The van der Waals surface area contributed by atoms with E-state index in [9.17, 15) is 9.59 Å². The molecule has 1 saturated heterocycles. The number of halogens is 1. The predicted molar refractivity (Wildman–Crippen MR) is 80.1 cm³/mol. The van der Waals surface area contributed by atoms with Crippen LogP contribution in [0.1, 0.15) is 18.4 Å². The molecule has 1 amide bonds. The summed E-state index contributed by atoms with van der Waals surface area (Å²) in [5, 5.41) is 8.75. The molecule has 1 aliphatic heterocycles. The van der Waals surface area contributed by atoms with Crippen molar-refractivity contribution >= 4 is 33.9 Å². The molecule has 1 atom stereocenters. The highest BCUT2D eigenvalue weighted by atomic mass is 79.9. The second kappa shape index (κ2) is 6.70. The van der Waals surface area contributed by atoms with E-state index >= 15 is 0 Å². The van der Waals surface area contributed by atoms with E-state index in [1.807, 2.05) is 24.3 Å². The first-order valence-corrected chi connectivity index (χ1v) is 7.28. The Bertz CT molecular complexity index is 542. The van der Waals surface area contributed by atoms with Gasteiger partial charge in [-0.05, 0) is 36.1 Å². The Morgan fingerprint density at radius 2 is 2.25 bits per heavy atom. The molecule has 1 aromatic rings. The molecule has 1 aliphatic rings. The first-order valence-electron chi connectivity index (χ1n) is 6.49. The molecular formula is C15H16BrNO3. The van der Waals surface area contributed by atoms with Gasteiger partial charge in [-0.15, -0.1) is 0 Å². The highest BCUT2D eigenvalue weighted by Gasteiger charge is 2.26. The van der Waals surface area contributed by atoms with E-state index in [1.54, 1.807) is 17.1 Å². The van der Waals surface area contributed by atoms with Crippen molar-refractivity contribution in [1.82, 2.24) is 4.90 Å². The number of carboxylic acids is 1. The van der Waals surface area contributed by atoms with Crippen molar-refractivity contribution in [2.75, 3.05) is 13.1 Å². The normalized spacial score (nSPS) is 18.6. The number of carboxylic acid groups (broad SMARTS) is 1. The molecule has 1 unspecified atom stereocenters. The SMILES string of the molecule is O=C(O)CC1CCN(C(=O)C=Cc2cccc(Br)c2)C1. The van der Waals surface area contributed by atoms with Gasteiger partial charge >= 0.3 is 5.97 Å². The van der Waals surface area contributed by atoms with E-state index in [4.69, 9.17) is 5.11 Å². The summed E-state index contributed by atoms with van der Waals surface area (Å²) in [4.78, 5) is 24.4. The van der Waals surface area contributed by atoms with Crippen LogP contribution in [0.3, 0.4) is 0 Å². The minimum Gasteiger partial charge on any atom is -0.481 e. The molecule has 106 valence electrons. The summed E-state index contributed by atoms with van der Waals surface area (Å²) in [7, 11) is 0. The van der Waals surface area contributed by atoms with Crippen molar-refractivity contribution in [3.63, 3.8) is 0 Å². The first-order chi connectivity index (χ1) is 9.54. The van der Waals surface area contributed by atoms with Crippen molar-refractivity contribution in [3.8, 4) is 0 Å². The summed E-state index contributed by atoms with van der Waals surface area (Å²) in [6.45, 7) is 1.17. The van der Waals surface area contributed by atoms with Crippen molar-refractivity contribution in [2.45, 2.75) is 12.8 Å². The van der Waals surface area contributed by atoms with Crippen LogP contribution in [0.25, 0.3) is 6.08 Å². The monoisotopic (exact) mass is 337 g/mol. The number of nitrogens with zero attached hydrogens (tertiary/aromatic N) is 1. The lowest BCUT2D eigenvalue weighted by molar-refractivity contribution is -0.138. The number of amides is 1. The summed E-state index contributed by atoms with van der Waals surface area (Å²) in [5.74, 6) is -0.775. The molecule has 0 aliphatic carbocycles. The Balaban J connectivity index is 1.91. The van der Waals surface area contributed by atoms with Gasteiger partial charge < -0.3 is 10.0 Å². The topological polar surface area (TPSA) is 57.6 Å². The number of hydrogen-bond donors (Lipinski definition) is 1. The van der Waals surface area contributed by atoms with E-state index in [-0.39, 0.29) is 18.2 Å². The Kier molecular flexibility index (Phi) is 4.95. The maximum atomic E-state index is 12.0. The fourth-order valence-corrected chi connectivity index (χ4v) is 2.75. The third-order valence-corrected chi connectivity index (χ3v) is 3.82. The van der Waals surface area contributed by atoms with Crippen molar-refractivity contribution in [2.24, 2.45) is 5.92 Å². The number of carbonyl (C=O) groups is 2. The zero-order chi connectivity index (χ0) is 14.5. The van der Waals surface area contributed by atoms with Gasteiger partial charge in [0, 0.05) is 30.1 Å². The fraction of sp³-hybridized carbons (Fsp3) is 0.333. The molecule has 0 spiro atoms. The van der Waals surface area contributed by atoms with Gasteiger partial charge in [0.15, 0.2) is 0 Å². The van der Waals surface area contributed by atoms with E-state index in [1.165, 1.54) is 0 Å². The van der Waals surface area contributed by atoms with Gasteiger partial charge in [0.25, 0.3) is 0 Å². The van der Waals surface area contributed by atoms with Crippen molar-refractivity contribution < 1.29 is 14.7 Å². The summed E-state index contributed by atoms with van der Waals surface area (Å²) >= 11 is 3.38. The van der Waals surface area contributed by atoms with Gasteiger partial charge in [-0.25, -0.2) is 0 Å². The molecule has 0 aromatic heterocycles. The number of likely N-dealkylation sites (tertiary alicyclic amines) is 1. The van der Waals surface area contributed by atoms with Crippen LogP contribution in [-0.4, -0.2) is 35.0 Å². The molecular weight excluding hydrogens is 322 g/mol. The van der Waals surface area contributed by atoms with Gasteiger partial charge in [-0.1, -0.05) is 28.1 Å². The molecule has 1 aromatic carbocycles. The second-order valence-corrected chi connectivity index (χ2v) is 5.84. The molecule has 0 saturated carbocycles. The number of carbonyl (C=O) groups excluding carboxylic acids is 1. The van der Waals surface area contributed by atoms with Crippen molar-refractivity contribution in [3.05, 3.63) is 40.4 Å². The molecule has 0 bridgehead atoms. The van der Waals surface area contributed by atoms with Gasteiger partial charge in [0.05, 0.1) is 0 Å². The van der Waals surface area contributed by atoms with Crippen LogP contribution in [0.4, 0.5) is 0 Å². The maximum absolute atomic E-state index is 12.0. The minimum absolute atomic E-state index is 0.0575. The smallest absolute Gasteiger partial charge is 0.303 e. The third kappa shape index (κ3) is 4.20. The standard InChI is InChI=1S/C15H16BrNO3/c16-13-3-1-2-11(8-13)4-5-14(18)17-7-6-12(10-17)9-15(19)20/h1-5,8,12H,6-7,9-10H2,(H,19,20). The summed E-state index contributed by atoms with van der Waals surface area (Å²) in [6.07, 6.45) is 4.23. The van der Waals surface area contributed by atoms with Crippen LogP contribution in [0.15, 0.2) is 34.8 Å². The van der Waals surface area contributed by atoms with E-state index in [0.29, 0.717) is 13.1 Å². The van der Waals surface area contributed by atoms with Crippen LogP contribution in [-0.2, 0) is 9.59 Å². The molecule has 5 heteroatoms. The zero-order valence-electron chi connectivity index (χ0n) is 11.0. The fourth-order valence-electron chi connectivity index (χ4n) is 2.33. The number of benzene rings is 1. The van der Waals surface area contributed by atoms with Crippen LogP contribution in [0.2, 0.25) is 0 Å². The molecule has 4 nitrogen and oxygen atoms in total. The van der Waals surface area contributed by atoms with Gasteiger partial charge in [-0.3, -0.25) is 9.59 Å². The Hall–Kier alpha value is -1.62. The molecule has 2 rings (SSSR count). The van der Waals surface area contributed by atoms with Crippen LogP contribution in [0.5, 0.6) is 0 Å². The molecule has 1 heterocycles. The highest BCUT2D eigenvalue weighted by molar-refractivity contribution is 9.10. The average Bonchev–Trinajstić information content (AvgIpc) is 2.84. The van der Waals surface area contributed by atoms with Crippen LogP contribution >= 0.6 is 15.9 Å². The minimum atomic E-state index is -0.797. The van der Waals surface area contributed by atoms with Gasteiger partial charge in [-0.2, -0.15) is 0 Å². The van der Waals surface area contributed by atoms with Crippen LogP contribution < -0.4 is 0 Å². The second-order valence-electron chi connectivity index (χ2n) is 4.93. The molecule has 20 heavy (non-hydrogen) atoms. The number of rotatable bonds is 4. The maximum Gasteiger partial charge on any atom is 0.303 e. The predicted octanol–water partition coefficient (Wildman–Crippen LogP) is 2.79. The van der Waals surface area contributed by atoms with E-state index in [2.05, 4.69) is 15.9 Å². The quantitative estimate of drug-likeness (QED) is 0.859. The Morgan fingerprint density at radius 3 is 2.95 bits per heavy atom. The highest BCUT2D eigenvalue weighted by Crippen LogP contribution is 2.20. The molecule has 1 fully saturated rings. The van der Waals surface area contributed by atoms with E-state index in [0.717, 1.165) is 16.5 Å². The van der Waals surface area contributed by atoms with Gasteiger partial charge in [0.2, 0.25) is 5.91 Å². The van der Waals surface area contributed by atoms with E-state index < -0.39 is 5.97 Å².